The molecule has 22 heavy (non-hydrogen) atoms. The highest BCUT2D eigenvalue weighted by Crippen LogP contribution is 2.47. The quantitative estimate of drug-likeness (QED) is 0.880. The van der Waals surface area contributed by atoms with E-state index in [1.807, 2.05) is 0 Å². The van der Waals surface area contributed by atoms with Gasteiger partial charge in [0.05, 0.1) is 24.0 Å². The molecule has 0 aliphatic heterocycles. The summed E-state index contributed by atoms with van der Waals surface area (Å²) in [5.41, 5.74) is 6.86. The fourth-order valence-corrected chi connectivity index (χ4v) is 3.86. The standard InChI is InChI=1S/C15H18N6O/c16-13-10-3-2-9(6-10)12(13)14(22)20-11-7-19-21(8-11)15-17-4-1-5-18-15/h1,4-5,7-10,12-13H,2-3,6,16H2,(H,20,22). The fourth-order valence-electron chi connectivity index (χ4n) is 3.86. The number of nitrogens with zero attached hydrogens (tertiary/aromatic N) is 4. The first-order valence-electron chi connectivity index (χ1n) is 7.61. The molecule has 1 amide bonds. The van der Waals surface area contributed by atoms with Gasteiger partial charge in [-0.05, 0) is 37.2 Å². The number of rotatable bonds is 3. The molecule has 2 fully saturated rings. The Labute approximate surface area is 127 Å². The lowest BCUT2D eigenvalue weighted by molar-refractivity contribution is -0.121. The molecule has 0 spiro atoms. The zero-order chi connectivity index (χ0) is 15.1. The Morgan fingerprint density at radius 2 is 2.05 bits per heavy atom. The molecule has 2 aliphatic rings. The molecule has 7 nitrogen and oxygen atoms in total. The van der Waals surface area contributed by atoms with Gasteiger partial charge in [-0.1, -0.05) is 0 Å². The normalized spacial score (nSPS) is 29.7. The number of aromatic nitrogens is 4. The SMILES string of the molecule is NC1C2CCC(C2)C1C(=O)Nc1cnn(-c2ncccn2)c1. The van der Waals surface area contributed by atoms with Crippen LogP contribution in [0.3, 0.4) is 0 Å². The first kappa shape index (κ1) is 13.4. The average molecular weight is 298 g/mol. The van der Waals surface area contributed by atoms with E-state index in [4.69, 9.17) is 5.73 Å². The maximum absolute atomic E-state index is 12.5. The molecule has 0 radical (unpaired) electrons. The highest BCUT2D eigenvalue weighted by atomic mass is 16.2. The second kappa shape index (κ2) is 5.17. The Kier molecular flexibility index (Phi) is 3.15. The Balaban J connectivity index is 1.48. The minimum atomic E-state index is -0.0740. The smallest absolute Gasteiger partial charge is 0.250 e. The fraction of sp³-hybridized carbons (Fsp3) is 0.467. The largest absolute Gasteiger partial charge is 0.327 e. The predicted molar refractivity (Wildman–Crippen MR) is 80.1 cm³/mol. The van der Waals surface area contributed by atoms with Crippen LogP contribution < -0.4 is 11.1 Å². The van der Waals surface area contributed by atoms with Crippen LogP contribution in [0, 0.1) is 17.8 Å². The lowest BCUT2D eigenvalue weighted by Gasteiger charge is -2.26. The van der Waals surface area contributed by atoms with Gasteiger partial charge >= 0.3 is 0 Å². The Bertz CT molecular complexity index is 682. The van der Waals surface area contributed by atoms with E-state index in [9.17, 15) is 4.79 Å². The molecular weight excluding hydrogens is 280 g/mol. The molecule has 2 aromatic heterocycles. The maximum Gasteiger partial charge on any atom is 0.250 e. The van der Waals surface area contributed by atoms with E-state index < -0.39 is 0 Å². The molecule has 2 aliphatic carbocycles. The topological polar surface area (TPSA) is 98.7 Å². The van der Waals surface area contributed by atoms with Crippen molar-refractivity contribution < 1.29 is 4.79 Å². The summed E-state index contributed by atoms with van der Waals surface area (Å²) < 4.78 is 1.54. The summed E-state index contributed by atoms with van der Waals surface area (Å²) in [4.78, 5) is 20.7. The maximum atomic E-state index is 12.5. The minimum absolute atomic E-state index is 0.00762. The van der Waals surface area contributed by atoms with Crippen LogP contribution in [0.5, 0.6) is 0 Å². The number of fused-ring (bicyclic) bond motifs is 2. The van der Waals surface area contributed by atoms with Crippen molar-refractivity contribution >= 4 is 11.6 Å². The third-order valence-electron chi connectivity index (χ3n) is 4.89. The van der Waals surface area contributed by atoms with Crippen molar-refractivity contribution in [1.82, 2.24) is 19.7 Å². The van der Waals surface area contributed by atoms with Crippen molar-refractivity contribution in [3.8, 4) is 5.95 Å². The molecule has 2 heterocycles. The molecule has 7 heteroatoms. The van der Waals surface area contributed by atoms with Gasteiger partial charge < -0.3 is 11.1 Å². The second-order valence-electron chi connectivity index (χ2n) is 6.15. The second-order valence-corrected chi connectivity index (χ2v) is 6.15. The monoisotopic (exact) mass is 298 g/mol. The lowest BCUT2D eigenvalue weighted by atomic mass is 9.84. The summed E-state index contributed by atoms with van der Waals surface area (Å²) in [5, 5.41) is 7.11. The first-order valence-corrected chi connectivity index (χ1v) is 7.61. The molecule has 4 rings (SSSR count). The van der Waals surface area contributed by atoms with Gasteiger partial charge in [-0.25, -0.2) is 14.6 Å². The highest BCUT2D eigenvalue weighted by molar-refractivity contribution is 5.93. The van der Waals surface area contributed by atoms with Crippen LogP contribution in [0.4, 0.5) is 5.69 Å². The molecule has 0 saturated heterocycles. The van der Waals surface area contributed by atoms with Crippen LogP contribution in [0.15, 0.2) is 30.9 Å². The molecule has 3 N–H and O–H groups in total. The van der Waals surface area contributed by atoms with E-state index >= 15 is 0 Å². The van der Waals surface area contributed by atoms with Gasteiger partial charge in [0.2, 0.25) is 11.9 Å². The predicted octanol–water partition coefficient (Wildman–Crippen LogP) is 0.974. The molecule has 4 unspecified atom stereocenters. The average Bonchev–Trinajstić information content (AvgIpc) is 3.23. The van der Waals surface area contributed by atoms with Gasteiger partial charge in [0.15, 0.2) is 0 Å². The molecule has 2 saturated carbocycles. The van der Waals surface area contributed by atoms with Crippen LogP contribution in [0.25, 0.3) is 5.95 Å². The number of amides is 1. The number of carbonyl (C=O) groups excluding carboxylic acids is 1. The van der Waals surface area contributed by atoms with Crippen LogP contribution in [-0.4, -0.2) is 31.7 Å². The van der Waals surface area contributed by atoms with Crippen molar-refractivity contribution in [2.45, 2.75) is 25.3 Å². The van der Waals surface area contributed by atoms with E-state index in [0.29, 0.717) is 23.5 Å². The first-order chi connectivity index (χ1) is 10.7. The summed E-state index contributed by atoms with van der Waals surface area (Å²) in [6, 6.07) is 1.73. The van der Waals surface area contributed by atoms with Gasteiger partial charge in [-0.3, -0.25) is 4.79 Å². The third kappa shape index (κ3) is 2.18. The highest BCUT2D eigenvalue weighted by Gasteiger charge is 2.49. The van der Waals surface area contributed by atoms with Crippen molar-refractivity contribution in [2.24, 2.45) is 23.5 Å². The number of hydrogen-bond donors (Lipinski definition) is 2. The number of nitrogens with two attached hydrogens (primary N) is 1. The summed E-state index contributed by atoms with van der Waals surface area (Å²) in [5.74, 6) is 1.36. The van der Waals surface area contributed by atoms with Gasteiger partial charge in [0, 0.05) is 18.4 Å². The van der Waals surface area contributed by atoms with Crippen LogP contribution in [-0.2, 0) is 4.79 Å². The number of carbonyl (C=O) groups is 1. The van der Waals surface area contributed by atoms with E-state index in [1.54, 1.807) is 30.9 Å². The van der Waals surface area contributed by atoms with Crippen molar-refractivity contribution in [2.75, 3.05) is 5.32 Å². The van der Waals surface area contributed by atoms with Gasteiger partial charge in [0.1, 0.15) is 0 Å². The molecule has 2 aromatic rings. The van der Waals surface area contributed by atoms with Crippen molar-refractivity contribution in [3.05, 3.63) is 30.9 Å². The van der Waals surface area contributed by atoms with E-state index in [2.05, 4.69) is 20.4 Å². The number of nitrogens with one attached hydrogen (secondary N) is 1. The van der Waals surface area contributed by atoms with Crippen LogP contribution >= 0.6 is 0 Å². The van der Waals surface area contributed by atoms with E-state index in [0.717, 1.165) is 12.8 Å². The summed E-state index contributed by atoms with van der Waals surface area (Å²) in [7, 11) is 0. The van der Waals surface area contributed by atoms with Gasteiger partial charge in [-0.15, -0.1) is 0 Å². The van der Waals surface area contributed by atoms with Crippen LogP contribution in [0.2, 0.25) is 0 Å². The van der Waals surface area contributed by atoms with E-state index in [1.165, 1.54) is 11.1 Å². The van der Waals surface area contributed by atoms with Crippen molar-refractivity contribution in [1.29, 1.82) is 0 Å². The summed E-state index contributed by atoms with van der Waals surface area (Å²) in [6.07, 6.45) is 9.99. The van der Waals surface area contributed by atoms with Gasteiger partial charge in [-0.2, -0.15) is 5.10 Å². The zero-order valence-electron chi connectivity index (χ0n) is 12.1. The summed E-state index contributed by atoms with van der Waals surface area (Å²) in [6.45, 7) is 0. The van der Waals surface area contributed by atoms with Gasteiger partial charge in [0.25, 0.3) is 0 Å². The zero-order valence-corrected chi connectivity index (χ0v) is 12.1. The third-order valence-corrected chi connectivity index (χ3v) is 4.89. The Hall–Kier alpha value is -2.28. The molecule has 0 aromatic carbocycles. The van der Waals surface area contributed by atoms with E-state index in [-0.39, 0.29) is 17.9 Å². The Morgan fingerprint density at radius 3 is 2.77 bits per heavy atom. The van der Waals surface area contributed by atoms with Crippen molar-refractivity contribution in [3.63, 3.8) is 0 Å². The molecule has 2 bridgehead atoms. The molecule has 114 valence electrons. The van der Waals surface area contributed by atoms with Crippen LogP contribution in [0.1, 0.15) is 19.3 Å². The lowest BCUT2D eigenvalue weighted by Crippen LogP contribution is -2.42. The molecule has 4 atom stereocenters. The molecular formula is C15H18N6O. The summed E-state index contributed by atoms with van der Waals surface area (Å²) >= 11 is 0. The number of anilines is 1. The Morgan fingerprint density at radius 1 is 1.27 bits per heavy atom. The minimum Gasteiger partial charge on any atom is -0.327 e. The number of hydrogen-bond acceptors (Lipinski definition) is 5.